The van der Waals surface area contributed by atoms with Crippen LogP contribution in [0.15, 0.2) is 65.6 Å². The fourth-order valence-corrected chi connectivity index (χ4v) is 3.46. The highest BCUT2D eigenvalue weighted by Crippen LogP contribution is 2.30. The summed E-state index contributed by atoms with van der Waals surface area (Å²) in [6.45, 7) is 4.02. The molecule has 0 aliphatic carbocycles. The first-order valence-corrected chi connectivity index (χ1v) is 8.80. The Hall–Kier alpha value is -2.37. The molecule has 0 spiro atoms. The van der Waals surface area contributed by atoms with Gasteiger partial charge in [0.2, 0.25) is 10.0 Å². The van der Waals surface area contributed by atoms with E-state index < -0.39 is 10.0 Å². The number of nitrogens with two attached hydrogens (primary N) is 1. The van der Waals surface area contributed by atoms with Crippen LogP contribution in [0.4, 0.5) is 0 Å². The molecule has 3 aromatic rings. The molecule has 4 nitrogen and oxygen atoms in total. The van der Waals surface area contributed by atoms with Crippen molar-refractivity contribution in [3.05, 3.63) is 71.9 Å². The van der Waals surface area contributed by atoms with Gasteiger partial charge in [-0.15, -0.1) is 0 Å². The first-order valence-electron chi connectivity index (χ1n) is 7.25. The summed E-state index contributed by atoms with van der Waals surface area (Å²) in [7, 11) is -3.79. The van der Waals surface area contributed by atoms with Gasteiger partial charge >= 0.3 is 0 Å². The number of primary sulfonamides is 1. The van der Waals surface area contributed by atoms with Crippen LogP contribution in [0.25, 0.3) is 16.9 Å². The maximum absolute atomic E-state index is 11.9. The summed E-state index contributed by atoms with van der Waals surface area (Å²) in [5.74, 6) is 0. The SMILES string of the molecule is Cc1ccc(-n2c(C)ccc2-c2ccccc2S(N)(=O)=O)cc1. The second kappa shape index (κ2) is 5.68. The van der Waals surface area contributed by atoms with Gasteiger partial charge in [0, 0.05) is 16.9 Å². The van der Waals surface area contributed by atoms with Crippen molar-refractivity contribution >= 4 is 10.0 Å². The molecule has 5 heteroatoms. The Morgan fingerprint density at radius 3 is 2.17 bits per heavy atom. The third-order valence-corrected chi connectivity index (χ3v) is 4.81. The number of aromatic nitrogens is 1. The molecule has 0 radical (unpaired) electrons. The van der Waals surface area contributed by atoms with Crippen molar-refractivity contribution in [1.29, 1.82) is 0 Å². The smallest absolute Gasteiger partial charge is 0.238 e. The van der Waals surface area contributed by atoms with Crippen LogP contribution >= 0.6 is 0 Å². The van der Waals surface area contributed by atoms with Gasteiger partial charge in [-0.2, -0.15) is 0 Å². The van der Waals surface area contributed by atoms with E-state index in [2.05, 4.69) is 0 Å². The van der Waals surface area contributed by atoms with E-state index >= 15 is 0 Å². The molecule has 0 amide bonds. The van der Waals surface area contributed by atoms with E-state index in [9.17, 15) is 8.42 Å². The van der Waals surface area contributed by atoms with Gasteiger partial charge in [0.15, 0.2) is 0 Å². The minimum Gasteiger partial charge on any atom is -0.314 e. The van der Waals surface area contributed by atoms with Gasteiger partial charge in [0.25, 0.3) is 0 Å². The molecular formula is C18H18N2O2S. The monoisotopic (exact) mass is 326 g/mol. The average Bonchev–Trinajstić information content (AvgIpc) is 2.89. The Kier molecular flexibility index (Phi) is 3.83. The van der Waals surface area contributed by atoms with Gasteiger partial charge in [0.05, 0.1) is 10.6 Å². The molecule has 0 fully saturated rings. The molecule has 0 saturated heterocycles. The molecule has 2 N–H and O–H groups in total. The van der Waals surface area contributed by atoms with E-state index in [0.29, 0.717) is 5.56 Å². The standard InChI is InChI=1S/C18H18N2O2S/c1-13-7-10-15(11-8-13)20-14(2)9-12-17(20)16-5-3-4-6-18(16)23(19,21)22/h3-12H,1-2H3,(H2,19,21,22). The summed E-state index contributed by atoms with van der Waals surface area (Å²) in [6, 6.07) is 18.8. The molecule has 2 aromatic carbocycles. The van der Waals surface area contributed by atoms with Crippen LogP contribution in [0.2, 0.25) is 0 Å². The molecule has 1 heterocycles. The Morgan fingerprint density at radius 1 is 0.870 bits per heavy atom. The molecule has 0 aliphatic rings. The first-order chi connectivity index (χ1) is 10.9. The van der Waals surface area contributed by atoms with E-state index in [4.69, 9.17) is 5.14 Å². The molecular weight excluding hydrogens is 308 g/mol. The van der Waals surface area contributed by atoms with Gasteiger partial charge in [-0.3, -0.25) is 0 Å². The lowest BCUT2D eigenvalue weighted by Gasteiger charge is -2.14. The number of hydrogen-bond acceptors (Lipinski definition) is 2. The van der Waals surface area contributed by atoms with Crippen molar-refractivity contribution in [2.24, 2.45) is 5.14 Å². The second-order valence-electron chi connectivity index (χ2n) is 5.57. The number of sulfonamides is 1. The number of hydrogen-bond donors (Lipinski definition) is 1. The lowest BCUT2D eigenvalue weighted by Crippen LogP contribution is -2.14. The third-order valence-electron chi connectivity index (χ3n) is 3.84. The number of aryl methyl sites for hydroxylation is 2. The predicted molar refractivity (Wildman–Crippen MR) is 92.1 cm³/mol. The number of rotatable bonds is 3. The highest BCUT2D eigenvalue weighted by atomic mass is 32.2. The van der Waals surface area contributed by atoms with E-state index in [1.165, 1.54) is 11.6 Å². The number of benzene rings is 2. The normalized spacial score (nSPS) is 11.6. The summed E-state index contributed by atoms with van der Waals surface area (Å²) >= 11 is 0. The van der Waals surface area contributed by atoms with Crippen molar-refractivity contribution < 1.29 is 8.42 Å². The quantitative estimate of drug-likeness (QED) is 0.801. The molecule has 0 aliphatic heterocycles. The fourth-order valence-electron chi connectivity index (χ4n) is 2.71. The van der Waals surface area contributed by atoms with Crippen molar-refractivity contribution in [2.75, 3.05) is 0 Å². The van der Waals surface area contributed by atoms with E-state index in [-0.39, 0.29) is 4.90 Å². The largest absolute Gasteiger partial charge is 0.314 e. The van der Waals surface area contributed by atoms with Crippen LogP contribution in [0.5, 0.6) is 0 Å². The Labute approximate surface area is 136 Å². The van der Waals surface area contributed by atoms with Gasteiger partial charge in [-0.25, -0.2) is 13.6 Å². The van der Waals surface area contributed by atoms with Crippen molar-refractivity contribution in [3.63, 3.8) is 0 Å². The summed E-state index contributed by atoms with van der Waals surface area (Å²) in [6.07, 6.45) is 0. The summed E-state index contributed by atoms with van der Waals surface area (Å²) < 4.78 is 25.8. The molecule has 0 atom stereocenters. The zero-order chi connectivity index (χ0) is 16.6. The van der Waals surface area contributed by atoms with E-state index in [1.807, 2.05) is 60.9 Å². The van der Waals surface area contributed by atoms with Crippen LogP contribution in [0, 0.1) is 13.8 Å². The lowest BCUT2D eigenvalue weighted by atomic mass is 10.1. The molecule has 1 aromatic heterocycles. The molecule has 3 rings (SSSR count). The van der Waals surface area contributed by atoms with Gasteiger partial charge in [-0.1, -0.05) is 35.9 Å². The van der Waals surface area contributed by atoms with Gasteiger partial charge in [-0.05, 0) is 44.2 Å². The Bertz CT molecular complexity index is 955. The molecule has 0 bridgehead atoms. The lowest BCUT2D eigenvalue weighted by molar-refractivity contribution is 0.598. The summed E-state index contributed by atoms with van der Waals surface area (Å²) in [4.78, 5) is 0.131. The summed E-state index contributed by atoms with van der Waals surface area (Å²) in [5, 5.41) is 5.37. The second-order valence-corrected chi connectivity index (χ2v) is 7.10. The van der Waals surface area contributed by atoms with Crippen molar-refractivity contribution in [1.82, 2.24) is 4.57 Å². The van der Waals surface area contributed by atoms with Crippen LogP contribution < -0.4 is 5.14 Å². The van der Waals surface area contributed by atoms with Crippen LogP contribution in [0.3, 0.4) is 0 Å². The highest BCUT2D eigenvalue weighted by Gasteiger charge is 2.18. The number of nitrogens with zero attached hydrogens (tertiary/aromatic N) is 1. The van der Waals surface area contributed by atoms with E-state index in [0.717, 1.165) is 17.1 Å². The zero-order valence-electron chi connectivity index (χ0n) is 13.0. The van der Waals surface area contributed by atoms with Gasteiger partial charge < -0.3 is 4.57 Å². The van der Waals surface area contributed by atoms with Crippen molar-refractivity contribution in [2.45, 2.75) is 18.7 Å². The third kappa shape index (κ3) is 2.93. The van der Waals surface area contributed by atoms with Gasteiger partial charge in [0.1, 0.15) is 0 Å². The first kappa shape index (κ1) is 15.5. The average molecular weight is 326 g/mol. The Balaban J connectivity index is 2.27. The van der Waals surface area contributed by atoms with E-state index in [1.54, 1.807) is 12.1 Å². The molecule has 0 saturated carbocycles. The predicted octanol–water partition coefficient (Wildman–Crippen LogP) is 3.41. The van der Waals surface area contributed by atoms with Crippen molar-refractivity contribution in [3.8, 4) is 16.9 Å². The Morgan fingerprint density at radius 2 is 1.52 bits per heavy atom. The molecule has 23 heavy (non-hydrogen) atoms. The fraction of sp³-hybridized carbons (Fsp3) is 0.111. The minimum atomic E-state index is -3.79. The van der Waals surface area contributed by atoms with Crippen LogP contribution in [-0.4, -0.2) is 13.0 Å². The topological polar surface area (TPSA) is 65.1 Å². The highest BCUT2D eigenvalue weighted by molar-refractivity contribution is 7.89. The maximum Gasteiger partial charge on any atom is 0.238 e. The minimum absolute atomic E-state index is 0.131. The molecule has 118 valence electrons. The summed E-state index contributed by atoms with van der Waals surface area (Å²) in [5.41, 5.74) is 4.58. The van der Waals surface area contributed by atoms with Crippen LogP contribution in [-0.2, 0) is 10.0 Å². The molecule has 0 unspecified atom stereocenters. The zero-order valence-corrected chi connectivity index (χ0v) is 13.8. The maximum atomic E-state index is 11.9. The van der Waals surface area contributed by atoms with Crippen LogP contribution in [0.1, 0.15) is 11.3 Å².